The monoisotopic (exact) mass is 187 g/mol. The lowest BCUT2D eigenvalue weighted by molar-refractivity contribution is 0.132. The van der Waals surface area contributed by atoms with E-state index in [0.29, 0.717) is 25.5 Å². The van der Waals surface area contributed by atoms with Crippen molar-refractivity contribution in [1.29, 1.82) is 0 Å². The summed E-state index contributed by atoms with van der Waals surface area (Å²) in [7, 11) is 0. The maximum atomic E-state index is 10.8. The van der Waals surface area contributed by atoms with Gasteiger partial charge in [0, 0.05) is 6.54 Å². The third-order valence-electron chi connectivity index (χ3n) is 2.15. The molecular weight excluding hydrogens is 170 g/mol. The van der Waals surface area contributed by atoms with E-state index in [0.717, 1.165) is 12.8 Å². The topological polar surface area (TPSA) is 58.6 Å². The van der Waals surface area contributed by atoms with Crippen LogP contribution in [0.3, 0.4) is 0 Å². The summed E-state index contributed by atoms with van der Waals surface area (Å²) in [6.45, 7) is 2.64. The highest BCUT2D eigenvalue weighted by Crippen LogP contribution is 2.33. The van der Waals surface area contributed by atoms with E-state index < -0.39 is 6.09 Å². The molecule has 1 atom stereocenters. The maximum absolute atomic E-state index is 10.8. The first-order valence-electron chi connectivity index (χ1n) is 4.82. The van der Waals surface area contributed by atoms with Gasteiger partial charge in [0.05, 0.1) is 12.7 Å². The van der Waals surface area contributed by atoms with Crippen molar-refractivity contribution in [2.75, 3.05) is 13.2 Å². The molecule has 0 bridgehead atoms. The van der Waals surface area contributed by atoms with Crippen LogP contribution >= 0.6 is 0 Å². The third kappa shape index (κ3) is 4.12. The van der Waals surface area contributed by atoms with Gasteiger partial charge in [-0.15, -0.1) is 0 Å². The van der Waals surface area contributed by atoms with Crippen molar-refractivity contribution < 1.29 is 14.6 Å². The predicted molar refractivity (Wildman–Crippen MR) is 48.4 cm³/mol. The molecule has 76 valence electrons. The zero-order valence-corrected chi connectivity index (χ0v) is 7.95. The van der Waals surface area contributed by atoms with E-state index in [-0.39, 0.29) is 6.10 Å². The van der Waals surface area contributed by atoms with Gasteiger partial charge in [-0.3, -0.25) is 0 Å². The van der Waals surface area contributed by atoms with Crippen molar-refractivity contribution in [3.63, 3.8) is 0 Å². The second-order valence-electron chi connectivity index (χ2n) is 3.34. The molecule has 1 rings (SSSR count). The molecule has 0 spiro atoms. The molecule has 0 saturated heterocycles. The molecule has 13 heavy (non-hydrogen) atoms. The van der Waals surface area contributed by atoms with Gasteiger partial charge in [0.25, 0.3) is 0 Å². The molecule has 1 amide bonds. The lowest BCUT2D eigenvalue weighted by atomic mass is 10.2. The minimum atomic E-state index is -0.398. The average Bonchev–Trinajstić information content (AvgIpc) is 2.86. The van der Waals surface area contributed by atoms with Crippen molar-refractivity contribution in [3.05, 3.63) is 0 Å². The largest absolute Gasteiger partial charge is 0.450 e. The van der Waals surface area contributed by atoms with E-state index in [2.05, 4.69) is 10.1 Å². The Bertz CT molecular complexity index is 168. The van der Waals surface area contributed by atoms with Gasteiger partial charge in [0.2, 0.25) is 0 Å². The normalized spacial score (nSPS) is 18.0. The summed E-state index contributed by atoms with van der Waals surface area (Å²) in [5, 5.41) is 12.0. The molecule has 0 unspecified atom stereocenters. The third-order valence-corrected chi connectivity index (χ3v) is 2.15. The molecular formula is C9H17NO3. The highest BCUT2D eigenvalue weighted by molar-refractivity contribution is 5.66. The Morgan fingerprint density at radius 2 is 2.38 bits per heavy atom. The van der Waals surface area contributed by atoms with E-state index in [4.69, 9.17) is 0 Å². The summed E-state index contributed by atoms with van der Waals surface area (Å²) in [4.78, 5) is 10.8. The Labute approximate surface area is 78.3 Å². The summed E-state index contributed by atoms with van der Waals surface area (Å²) in [6, 6.07) is 0. The van der Waals surface area contributed by atoms with Gasteiger partial charge in [-0.05, 0) is 32.1 Å². The Balaban J connectivity index is 1.96. The fourth-order valence-corrected chi connectivity index (χ4v) is 1.22. The average molecular weight is 187 g/mol. The first kappa shape index (κ1) is 10.3. The number of alkyl carbamates (subject to hydrolysis) is 1. The van der Waals surface area contributed by atoms with Crippen molar-refractivity contribution in [1.82, 2.24) is 5.32 Å². The fraction of sp³-hybridized carbons (Fsp3) is 0.889. The van der Waals surface area contributed by atoms with Gasteiger partial charge in [-0.25, -0.2) is 4.79 Å². The van der Waals surface area contributed by atoms with Crippen molar-refractivity contribution >= 4 is 6.09 Å². The molecule has 0 heterocycles. The van der Waals surface area contributed by atoms with Crippen LogP contribution in [0.4, 0.5) is 4.79 Å². The standard InChI is InChI=1S/C9H17NO3/c1-2-13-9(12)10-6-5-8(11)7-3-4-7/h7-8,11H,2-6H2,1H3,(H,10,12)/t8-/m1/s1. The number of rotatable bonds is 5. The van der Waals surface area contributed by atoms with Crippen LogP contribution in [0.5, 0.6) is 0 Å². The van der Waals surface area contributed by atoms with E-state index >= 15 is 0 Å². The quantitative estimate of drug-likeness (QED) is 0.672. The molecule has 0 aromatic carbocycles. The van der Waals surface area contributed by atoms with Crippen molar-refractivity contribution in [2.45, 2.75) is 32.3 Å². The number of aliphatic hydroxyl groups is 1. The highest BCUT2D eigenvalue weighted by atomic mass is 16.5. The van der Waals surface area contributed by atoms with Crippen LogP contribution in [0.2, 0.25) is 0 Å². The summed E-state index contributed by atoms with van der Waals surface area (Å²) in [5.74, 6) is 0.476. The number of hydrogen-bond acceptors (Lipinski definition) is 3. The Hall–Kier alpha value is -0.770. The predicted octanol–water partition coefficient (Wildman–Crippen LogP) is 0.893. The second-order valence-corrected chi connectivity index (χ2v) is 3.34. The van der Waals surface area contributed by atoms with Gasteiger partial charge in [-0.2, -0.15) is 0 Å². The van der Waals surface area contributed by atoms with Crippen LogP contribution in [-0.2, 0) is 4.74 Å². The molecule has 0 aromatic heterocycles. The van der Waals surface area contributed by atoms with E-state index in [9.17, 15) is 9.90 Å². The Morgan fingerprint density at radius 1 is 1.69 bits per heavy atom. The summed E-state index contributed by atoms with van der Waals surface area (Å²) < 4.78 is 4.67. The number of ether oxygens (including phenoxy) is 1. The first-order valence-corrected chi connectivity index (χ1v) is 4.82. The SMILES string of the molecule is CCOC(=O)NCC[C@@H](O)C1CC1. The minimum absolute atomic E-state index is 0.248. The van der Waals surface area contributed by atoms with Crippen LogP contribution in [0.1, 0.15) is 26.2 Å². The Morgan fingerprint density at radius 3 is 2.92 bits per heavy atom. The van der Waals surface area contributed by atoms with Gasteiger partial charge < -0.3 is 15.2 Å². The van der Waals surface area contributed by atoms with Crippen LogP contribution in [0.25, 0.3) is 0 Å². The lowest BCUT2D eigenvalue weighted by Gasteiger charge is -2.09. The Kier molecular flexibility index (Phi) is 4.02. The van der Waals surface area contributed by atoms with Gasteiger partial charge in [0.1, 0.15) is 0 Å². The number of carbonyl (C=O) groups excluding carboxylic acids is 1. The van der Waals surface area contributed by atoms with E-state index in [1.54, 1.807) is 6.92 Å². The number of hydrogen-bond donors (Lipinski definition) is 2. The highest BCUT2D eigenvalue weighted by Gasteiger charge is 2.29. The molecule has 4 nitrogen and oxygen atoms in total. The van der Waals surface area contributed by atoms with Crippen molar-refractivity contribution in [2.24, 2.45) is 5.92 Å². The van der Waals surface area contributed by atoms with Crippen LogP contribution in [0.15, 0.2) is 0 Å². The number of amides is 1. The summed E-state index contributed by atoms with van der Waals surface area (Å²) >= 11 is 0. The molecule has 1 fully saturated rings. The molecule has 1 aliphatic carbocycles. The molecule has 0 aliphatic heterocycles. The lowest BCUT2D eigenvalue weighted by Crippen LogP contribution is -2.28. The molecule has 1 saturated carbocycles. The van der Waals surface area contributed by atoms with E-state index in [1.165, 1.54) is 0 Å². The number of aliphatic hydroxyl groups excluding tert-OH is 1. The second kappa shape index (κ2) is 5.07. The molecule has 0 aromatic rings. The molecule has 4 heteroatoms. The van der Waals surface area contributed by atoms with Gasteiger partial charge in [0.15, 0.2) is 0 Å². The van der Waals surface area contributed by atoms with Crippen LogP contribution < -0.4 is 5.32 Å². The fourth-order valence-electron chi connectivity index (χ4n) is 1.22. The number of nitrogens with one attached hydrogen (secondary N) is 1. The van der Waals surface area contributed by atoms with Crippen molar-refractivity contribution in [3.8, 4) is 0 Å². The van der Waals surface area contributed by atoms with Crippen LogP contribution in [0, 0.1) is 5.92 Å². The number of carbonyl (C=O) groups is 1. The van der Waals surface area contributed by atoms with Crippen LogP contribution in [-0.4, -0.2) is 30.5 Å². The zero-order valence-electron chi connectivity index (χ0n) is 7.95. The molecule has 1 aliphatic rings. The van der Waals surface area contributed by atoms with E-state index in [1.807, 2.05) is 0 Å². The summed E-state index contributed by atoms with van der Waals surface area (Å²) in [6.07, 6.45) is 2.23. The minimum Gasteiger partial charge on any atom is -0.450 e. The smallest absolute Gasteiger partial charge is 0.407 e. The first-order chi connectivity index (χ1) is 6.24. The van der Waals surface area contributed by atoms with Gasteiger partial charge in [-0.1, -0.05) is 0 Å². The summed E-state index contributed by atoms with van der Waals surface area (Å²) in [5.41, 5.74) is 0. The zero-order chi connectivity index (χ0) is 9.68. The maximum Gasteiger partial charge on any atom is 0.407 e. The molecule has 0 radical (unpaired) electrons. The van der Waals surface area contributed by atoms with Gasteiger partial charge >= 0.3 is 6.09 Å². The molecule has 2 N–H and O–H groups in total.